The van der Waals surface area contributed by atoms with Crippen LogP contribution in [-0.2, 0) is 19.3 Å². The minimum Gasteiger partial charge on any atom is -0.339 e. The van der Waals surface area contributed by atoms with Crippen LogP contribution in [0.1, 0.15) is 41.1 Å². The summed E-state index contributed by atoms with van der Waals surface area (Å²) < 4.78 is 6.44. The Labute approximate surface area is 132 Å². The quantitative estimate of drug-likeness (QED) is 0.763. The number of thiazole rings is 1. The molecule has 0 saturated carbocycles. The summed E-state index contributed by atoms with van der Waals surface area (Å²) >= 11 is 5.02. The molecule has 1 atom stereocenters. The largest absolute Gasteiger partial charge is 0.339 e. The molecule has 21 heavy (non-hydrogen) atoms. The van der Waals surface area contributed by atoms with Crippen molar-refractivity contribution in [2.75, 3.05) is 0 Å². The summed E-state index contributed by atoms with van der Waals surface area (Å²) in [5.41, 5.74) is 4.80. The number of nitrogens with zero attached hydrogens (tertiary/aromatic N) is 5. The van der Waals surface area contributed by atoms with Crippen LogP contribution in [0.5, 0.6) is 0 Å². The predicted molar refractivity (Wildman–Crippen MR) is 78.1 cm³/mol. The fourth-order valence-corrected chi connectivity index (χ4v) is 3.55. The van der Waals surface area contributed by atoms with Gasteiger partial charge in [-0.25, -0.2) is 4.98 Å². The normalized spacial score (nSPS) is 17.9. The van der Waals surface area contributed by atoms with Gasteiger partial charge in [-0.3, -0.25) is 0 Å². The fourth-order valence-electron chi connectivity index (χ4n) is 2.52. The summed E-state index contributed by atoms with van der Waals surface area (Å²) in [5.74, 6) is 1.58. The second kappa shape index (κ2) is 5.30. The molecule has 0 radical (unpaired) electrons. The Bertz CT molecular complexity index is 765. The van der Waals surface area contributed by atoms with E-state index in [1.807, 2.05) is 0 Å². The first-order valence-electron chi connectivity index (χ1n) is 6.58. The van der Waals surface area contributed by atoms with Crippen LogP contribution in [0.4, 0.5) is 0 Å². The number of halogens is 1. The molecule has 4 rings (SSSR count). The van der Waals surface area contributed by atoms with E-state index >= 15 is 0 Å². The van der Waals surface area contributed by atoms with Crippen LogP contribution < -0.4 is 0 Å². The van der Waals surface area contributed by atoms with Gasteiger partial charge in [-0.1, -0.05) is 5.16 Å². The average Bonchev–Trinajstić information content (AvgIpc) is 3.20. The molecule has 108 valence electrons. The van der Waals surface area contributed by atoms with E-state index in [0.29, 0.717) is 18.1 Å². The second-order valence-electron chi connectivity index (χ2n) is 4.96. The Balaban J connectivity index is 1.51. The Hall–Kier alpha value is -1.61. The first-order valence-corrected chi connectivity index (χ1v) is 8.25. The van der Waals surface area contributed by atoms with E-state index in [-0.39, 0.29) is 5.92 Å². The number of aryl methyl sites for hydroxylation is 1. The topological polar surface area (TPSA) is 93.4 Å². The summed E-state index contributed by atoms with van der Waals surface area (Å²) in [7, 11) is 0. The molecular weight excluding hydrogens is 356 g/mol. The van der Waals surface area contributed by atoms with Crippen LogP contribution in [0.3, 0.4) is 0 Å². The third-order valence-electron chi connectivity index (χ3n) is 3.62. The van der Waals surface area contributed by atoms with Gasteiger partial charge in [0.25, 0.3) is 0 Å². The zero-order valence-corrected chi connectivity index (χ0v) is 13.3. The lowest BCUT2D eigenvalue weighted by molar-refractivity contribution is 0.336. The van der Waals surface area contributed by atoms with Gasteiger partial charge >= 0.3 is 0 Å². The maximum Gasteiger partial charge on any atom is 0.230 e. The molecule has 9 heteroatoms. The molecule has 0 aromatic carbocycles. The summed E-state index contributed by atoms with van der Waals surface area (Å²) in [4.78, 5) is 8.80. The molecule has 1 N–H and O–H groups in total. The summed E-state index contributed by atoms with van der Waals surface area (Å²) in [5, 5.41) is 15.0. The van der Waals surface area contributed by atoms with E-state index < -0.39 is 0 Å². The van der Waals surface area contributed by atoms with Crippen LogP contribution in [0.25, 0.3) is 0 Å². The Kier molecular flexibility index (Phi) is 3.30. The highest BCUT2D eigenvalue weighted by molar-refractivity contribution is 9.11. The molecular formula is C12H11BrN6OS. The van der Waals surface area contributed by atoms with Crippen molar-refractivity contribution in [1.29, 1.82) is 0 Å². The van der Waals surface area contributed by atoms with Gasteiger partial charge in [0.2, 0.25) is 5.89 Å². The monoisotopic (exact) mass is 366 g/mol. The van der Waals surface area contributed by atoms with Gasteiger partial charge in [0.05, 0.1) is 32.8 Å². The van der Waals surface area contributed by atoms with E-state index in [4.69, 9.17) is 4.52 Å². The highest BCUT2D eigenvalue weighted by Crippen LogP contribution is 2.30. The van der Waals surface area contributed by atoms with Crippen LogP contribution >= 0.6 is 27.3 Å². The van der Waals surface area contributed by atoms with Crippen molar-refractivity contribution in [3.05, 3.63) is 38.1 Å². The van der Waals surface area contributed by atoms with Gasteiger partial charge in [0.15, 0.2) is 5.82 Å². The first kappa shape index (κ1) is 13.1. The summed E-state index contributed by atoms with van der Waals surface area (Å²) in [6, 6.07) is 0. The molecule has 0 spiro atoms. The first-order chi connectivity index (χ1) is 10.3. The van der Waals surface area contributed by atoms with Crippen molar-refractivity contribution >= 4 is 27.3 Å². The molecule has 3 heterocycles. The molecule has 0 saturated heterocycles. The van der Waals surface area contributed by atoms with Crippen molar-refractivity contribution in [2.45, 2.75) is 31.6 Å². The molecule has 0 aliphatic heterocycles. The van der Waals surface area contributed by atoms with E-state index in [0.717, 1.165) is 40.1 Å². The highest BCUT2D eigenvalue weighted by Gasteiger charge is 2.27. The Morgan fingerprint density at radius 2 is 2.29 bits per heavy atom. The van der Waals surface area contributed by atoms with E-state index in [2.05, 4.69) is 46.5 Å². The smallest absolute Gasteiger partial charge is 0.230 e. The maximum atomic E-state index is 5.43. The van der Waals surface area contributed by atoms with E-state index in [1.54, 1.807) is 16.8 Å². The number of aromatic nitrogens is 6. The number of H-pyrrole nitrogens is 1. The maximum absolute atomic E-state index is 5.43. The zero-order valence-electron chi connectivity index (χ0n) is 10.9. The minimum absolute atomic E-state index is 0.225. The molecule has 7 nitrogen and oxygen atoms in total. The lowest BCUT2D eigenvalue weighted by Gasteiger charge is -2.15. The number of hydrogen-bond acceptors (Lipinski definition) is 7. The van der Waals surface area contributed by atoms with Crippen molar-refractivity contribution in [2.24, 2.45) is 0 Å². The molecule has 3 aromatic rings. The lowest BCUT2D eigenvalue weighted by Crippen LogP contribution is -2.13. The predicted octanol–water partition coefficient (Wildman–Crippen LogP) is 2.27. The van der Waals surface area contributed by atoms with E-state index in [9.17, 15) is 0 Å². The van der Waals surface area contributed by atoms with Crippen LogP contribution in [0, 0.1) is 0 Å². The summed E-state index contributed by atoms with van der Waals surface area (Å²) in [6.07, 6.45) is 3.23. The third kappa shape index (κ3) is 2.51. The standard InChI is InChI=1S/C12H11BrN6OS/c13-11-9(14-5-21-11)4-10-15-12(20-18-10)6-1-2-7-8(3-6)17-19-16-7/h5-6H,1-4H2,(H,16,17,19). The lowest BCUT2D eigenvalue weighted by atomic mass is 9.90. The number of nitrogens with one attached hydrogen (secondary N) is 1. The van der Waals surface area contributed by atoms with Crippen molar-refractivity contribution in [3.8, 4) is 0 Å². The SMILES string of the molecule is Brc1scnc1Cc1noc(C2CCc3n[nH]nc3C2)n1. The number of hydrogen-bond donors (Lipinski definition) is 1. The zero-order chi connectivity index (χ0) is 14.2. The number of aromatic amines is 1. The Morgan fingerprint density at radius 3 is 3.14 bits per heavy atom. The molecule has 0 fully saturated rings. The Morgan fingerprint density at radius 1 is 1.38 bits per heavy atom. The van der Waals surface area contributed by atoms with Gasteiger partial charge in [-0.05, 0) is 28.8 Å². The highest BCUT2D eigenvalue weighted by atomic mass is 79.9. The minimum atomic E-state index is 0.225. The fraction of sp³-hybridized carbons (Fsp3) is 0.417. The molecule has 3 aromatic heterocycles. The van der Waals surface area contributed by atoms with Crippen molar-refractivity contribution in [3.63, 3.8) is 0 Å². The third-order valence-corrected chi connectivity index (χ3v) is 5.29. The molecule has 1 aliphatic rings. The molecule has 1 unspecified atom stereocenters. The van der Waals surface area contributed by atoms with Crippen molar-refractivity contribution < 1.29 is 4.52 Å². The van der Waals surface area contributed by atoms with Crippen LogP contribution in [0.2, 0.25) is 0 Å². The molecule has 0 amide bonds. The number of rotatable bonds is 3. The van der Waals surface area contributed by atoms with E-state index in [1.165, 1.54) is 0 Å². The van der Waals surface area contributed by atoms with Gasteiger partial charge in [-0.15, -0.1) is 11.3 Å². The van der Waals surface area contributed by atoms with Crippen LogP contribution in [0.15, 0.2) is 13.8 Å². The average molecular weight is 367 g/mol. The van der Waals surface area contributed by atoms with Crippen LogP contribution in [-0.4, -0.2) is 30.5 Å². The summed E-state index contributed by atoms with van der Waals surface area (Å²) in [6.45, 7) is 0. The second-order valence-corrected chi connectivity index (χ2v) is 7.13. The molecule has 0 bridgehead atoms. The number of fused-ring (bicyclic) bond motifs is 1. The van der Waals surface area contributed by atoms with Gasteiger partial charge < -0.3 is 4.52 Å². The molecule has 1 aliphatic carbocycles. The van der Waals surface area contributed by atoms with Gasteiger partial charge in [-0.2, -0.15) is 20.4 Å². The van der Waals surface area contributed by atoms with Crippen molar-refractivity contribution in [1.82, 2.24) is 30.5 Å². The van der Waals surface area contributed by atoms with Gasteiger partial charge in [0.1, 0.15) is 0 Å². The van der Waals surface area contributed by atoms with Gasteiger partial charge in [0, 0.05) is 12.3 Å².